The van der Waals surface area contributed by atoms with Crippen molar-refractivity contribution >= 4 is 38.9 Å². The first-order chi connectivity index (χ1) is 16.8. The molecular weight excluding hydrogens is 511 g/mol. The number of carbonyl (C=O) groups is 1. The zero-order valence-electron chi connectivity index (χ0n) is 19.2. The molecule has 1 amide bonds. The van der Waals surface area contributed by atoms with Gasteiger partial charge in [-0.1, -0.05) is 18.5 Å². The Hall–Kier alpha value is -2.46. The molecule has 2 aromatic carbocycles. The predicted molar refractivity (Wildman–Crippen MR) is 135 cm³/mol. The maximum atomic E-state index is 13.5. The summed E-state index contributed by atoms with van der Waals surface area (Å²) < 4.78 is 47.0. The molecule has 6 nitrogen and oxygen atoms in total. The Morgan fingerprint density at radius 2 is 1.89 bits per heavy atom. The van der Waals surface area contributed by atoms with E-state index in [1.165, 1.54) is 45.6 Å². The number of halogens is 2. The van der Waals surface area contributed by atoms with Crippen molar-refractivity contribution in [2.45, 2.75) is 30.7 Å². The highest BCUT2D eigenvalue weighted by Crippen LogP contribution is 2.34. The van der Waals surface area contributed by atoms with Crippen molar-refractivity contribution < 1.29 is 22.3 Å². The minimum Gasteiger partial charge on any atom is -0.491 e. The zero-order chi connectivity index (χ0) is 25.0. The van der Waals surface area contributed by atoms with E-state index in [2.05, 4.69) is 0 Å². The molecule has 1 aliphatic heterocycles. The summed E-state index contributed by atoms with van der Waals surface area (Å²) in [7, 11) is -3.88. The number of benzene rings is 2. The van der Waals surface area contributed by atoms with E-state index < -0.39 is 10.0 Å². The van der Waals surface area contributed by atoms with Crippen molar-refractivity contribution in [2.24, 2.45) is 0 Å². The van der Waals surface area contributed by atoms with E-state index in [9.17, 15) is 17.6 Å². The predicted octanol–water partition coefficient (Wildman–Crippen LogP) is 5.15. The van der Waals surface area contributed by atoms with Gasteiger partial charge in [0.25, 0.3) is 0 Å². The van der Waals surface area contributed by atoms with Gasteiger partial charge in [-0.05, 0) is 78.4 Å². The van der Waals surface area contributed by atoms with Gasteiger partial charge in [0.1, 0.15) is 18.2 Å². The molecule has 35 heavy (non-hydrogen) atoms. The molecule has 0 saturated heterocycles. The SMILES string of the molecule is CCCN(CC(=O)N1CCc2sccc2[C@H]1COc1ccc(F)cc1)S(=O)(=O)c1ccc(Cl)cc1. The first kappa shape index (κ1) is 25.6. The lowest BCUT2D eigenvalue weighted by Crippen LogP contribution is -2.48. The molecule has 3 aromatic rings. The average molecular weight is 537 g/mol. The van der Waals surface area contributed by atoms with Crippen LogP contribution in [0.3, 0.4) is 0 Å². The van der Waals surface area contributed by atoms with Gasteiger partial charge in [-0.25, -0.2) is 12.8 Å². The van der Waals surface area contributed by atoms with Crippen LogP contribution in [0, 0.1) is 5.82 Å². The molecule has 0 radical (unpaired) electrons. The Morgan fingerprint density at radius 1 is 1.17 bits per heavy atom. The molecule has 0 spiro atoms. The second-order valence-corrected chi connectivity index (χ2v) is 11.6. The first-order valence-electron chi connectivity index (χ1n) is 11.3. The van der Waals surface area contributed by atoms with E-state index >= 15 is 0 Å². The molecule has 0 fully saturated rings. The second kappa shape index (κ2) is 11.1. The summed E-state index contributed by atoms with van der Waals surface area (Å²) in [5, 5.41) is 2.42. The number of hydrogen-bond donors (Lipinski definition) is 0. The fourth-order valence-corrected chi connectivity index (χ4v) is 6.65. The van der Waals surface area contributed by atoms with Crippen LogP contribution in [0.4, 0.5) is 4.39 Å². The van der Waals surface area contributed by atoms with Gasteiger partial charge in [0.15, 0.2) is 0 Å². The standard InChI is InChI=1S/C25H26ClFN2O4S2/c1-2-13-28(35(31,32)21-9-3-18(26)4-10-21)16-25(30)29-14-11-24-22(12-15-34-24)23(29)17-33-20-7-5-19(27)6-8-20/h3-10,12,15,23H,2,11,13-14,16-17H2,1H3/t23-/m1/s1. The van der Waals surface area contributed by atoms with Crippen LogP contribution in [0.25, 0.3) is 0 Å². The lowest BCUT2D eigenvalue weighted by Gasteiger charge is -2.37. The van der Waals surface area contributed by atoms with E-state index in [-0.39, 0.29) is 42.4 Å². The van der Waals surface area contributed by atoms with Gasteiger partial charge in [-0.2, -0.15) is 4.31 Å². The average Bonchev–Trinajstić information content (AvgIpc) is 3.32. The maximum absolute atomic E-state index is 13.5. The third kappa shape index (κ3) is 5.86. The number of nitrogens with zero attached hydrogens (tertiary/aromatic N) is 2. The van der Waals surface area contributed by atoms with Crippen molar-refractivity contribution in [3.8, 4) is 5.75 Å². The smallest absolute Gasteiger partial charge is 0.243 e. The number of carbonyl (C=O) groups excluding carboxylic acids is 1. The molecule has 0 N–H and O–H groups in total. The Labute approximate surface area is 213 Å². The number of fused-ring (bicyclic) bond motifs is 1. The normalized spacial score (nSPS) is 15.8. The van der Waals surface area contributed by atoms with Gasteiger partial charge in [0, 0.05) is 23.0 Å². The van der Waals surface area contributed by atoms with E-state index in [0.29, 0.717) is 30.2 Å². The van der Waals surface area contributed by atoms with Crippen molar-refractivity contribution in [3.05, 3.63) is 81.3 Å². The van der Waals surface area contributed by atoms with Crippen LogP contribution in [0.5, 0.6) is 5.75 Å². The molecule has 1 aliphatic rings. The van der Waals surface area contributed by atoms with Crippen LogP contribution in [0.15, 0.2) is 64.9 Å². The number of hydrogen-bond acceptors (Lipinski definition) is 5. The number of amides is 1. The first-order valence-corrected chi connectivity index (χ1v) is 14.0. The number of rotatable bonds is 9. The van der Waals surface area contributed by atoms with Gasteiger partial charge in [-0.15, -0.1) is 11.3 Å². The monoisotopic (exact) mass is 536 g/mol. The van der Waals surface area contributed by atoms with Crippen LogP contribution in [-0.4, -0.2) is 49.8 Å². The van der Waals surface area contributed by atoms with Gasteiger partial charge in [0.05, 0.1) is 17.5 Å². The minimum atomic E-state index is -3.88. The summed E-state index contributed by atoms with van der Waals surface area (Å²) in [5.74, 6) is -0.149. The molecule has 1 aromatic heterocycles. The summed E-state index contributed by atoms with van der Waals surface area (Å²) in [5.41, 5.74) is 0.999. The fraction of sp³-hybridized carbons (Fsp3) is 0.320. The maximum Gasteiger partial charge on any atom is 0.243 e. The van der Waals surface area contributed by atoms with Gasteiger partial charge >= 0.3 is 0 Å². The Balaban J connectivity index is 1.55. The van der Waals surface area contributed by atoms with Crippen molar-refractivity contribution in [1.29, 1.82) is 0 Å². The molecule has 4 rings (SSSR count). The van der Waals surface area contributed by atoms with Crippen LogP contribution in [0.2, 0.25) is 5.02 Å². The van der Waals surface area contributed by atoms with Crippen LogP contribution >= 0.6 is 22.9 Å². The van der Waals surface area contributed by atoms with Gasteiger partial charge in [-0.3, -0.25) is 4.79 Å². The number of sulfonamides is 1. The second-order valence-electron chi connectivity index (χ2n) is 8.21. The molecule has 10 heteroatoms. The summed E-state index contributed by atoms with van der Waals surface area (Å²) >= 11 is 7.55. The lowest BCUT2D eigenvalue weighted by molar-refractivity contribution is -0.135. The van der Waals surface area contributed by atoms with E-state index in [1.807, 2.05) is 18.4 Å². The Bertz CT molecular complexity index is 1260. The van der Waals surface area contributed by atoms with Crippen LogP contribution in [-0.2, 0) is 21.2 Å². The van der Waals surface area contributed by atoms with Gasteiger partial charge in [0.2, 0.25) is 15.9 Å². The van der Waals surface area contributed by atoms with Crippen LogP contribution in [0.1, 0.15) is 29.8 Å². The number of ether oxygens (including phenoxy) is 1. The van der Waals surface area contributed by atoms with E-state index in [4.69, 9.17) is 16.3 Å². The quantitative estimate of drug-likeness (QED) is 0.379. The minimum absolute atomic E-state index is 0.0955. The summed E-state index contributed by atoms with van der Waals surface area (Å²) in [6.07, 6.45) is 1.26. The van der Waals surface area contributed by atoms with E-state index in [1.54, 1.807) is 28.4 Å². The summed E-state index contributed by atoms with van der Waals surface area (Å²) in [6.45, 7) is 2.45. The fourth-order valence-electron chi connectivity index (χ4n) is 4.11. The highest BCUT2D eigenvalue weighted by atomic mass is 35.5. The molecule has 1 atom stereocenters. The molecular formula is C25H26ClFN2O4S2. The molecule has 0 unspecified atom stereocenters. The molecule has 186 valence electrons. The summed E-state index contributed by atoms with van der Waals surface area (Å²) in [6, 6.07) is 13.3. The Morgan fingerprint density at radius 3 is 2.57 bits per heavy atom. The van der Waals surface area contributed by atoms with Crippen molar-refractivity contribution in [3.63, 3.8) is 0 Å². The molecule has 0 saturated carbocycles. The van der Waals surface area contributed by atoms with Gasteiger partial charge < -0.3 is 9.64 Å². The van der Waals surface area contributed by atoms with Crippen LogP contribution < -0.4 is 4.74 Å². The summed E-state index contributed by atoms with van der Waals surface area (Å²) in [4.78, 5) is 16.5. The van der Waals surface area contributed by atoms with E-state index in [0.717, 1.165) is 5.56 Å². The highest BCUT2D eigenvalue weighted by molar-refractivity contribution is 7.89. The lowest BCUT2D eigenvalue weighted by atomic mass is 10.0. The van der Waals surface area contributed by atoms with Crippen molar-refractivity contribution in [2.75, 3.05) is 26.2 Å². The zero-order valence-corrected chi connectivity index (χ0v) is 21.6. The highest BCUT2D eigenvalue weighted by Gasteiger charge is 2.35. The topological polar surface area (TPSA) is 66.9 Å². The third-order valence-corrected chi connectivity index (χ3v) is 8.98. The Kier molecular flexibility index (Phi) is 8.11. The molecule has 0 aliphatic carbocycles. The van der Waals surface area contributed by atoms with Crippen molar-refractivity contribution in [1.82, 2.24) is 9.21 Å². The number of thiophene rings is 1. The third-order valence-electron chi connectivity index (χ3n) is 5.87. The molecule has 2 heterocycles. The molecule has 0 bridgehead atoms. The largest absolute Gasteiger partial charge is 0.491 e.